The Labute approximate surface area is 490 Å². The van der Waals surface area contributed by atoms with Gasteiger partial charge >= 0.3 is 0 Å². The fraction of sp³-hybridized carbons (Fsp3) is 0.100. The van der Waals surface area contributed by atoms with E-state index in [9.17, 15) is 0 Å². The van der Waals surface area contributed by atoms with Crippen LogP contribution in [0.1, 0.15) is 50.7 Å². The zero-order valence-electron chi connectivity index (χ0n) is 47.3. The third-order valence-electron chi connectivity index (χ3n) is 17.2. The number of benzene rings is 12. The summed E-state index contributed by atoms with van der Waals surface area (Å²) < 4.78 is 0. The molecule has 2 nitrogen and oxygen atoms in total. The van der Waals surface area contributed by atoms with Gasteiger partial charge in [0.25, 0.3) is 6.71 Å². The molecule has 12 aromatic rings. The molecule has 0 saturated carbocycles. The fourth-order valence-corrected chi connectivity index (χ4v) is 13.1. The van der Waals surface area contributed by atoms with Crippen molar-refractivity contribution in [3.63, 3.8) is 0 Å². The van der Waals surface area contributed by atoms with Crippen LogP contribution in [0.4, 0.5) is 34.1 Å². The highest BCUT2D eigenvalue weighted by atomic mass is 15.2. The van der Waals surface area contributed by atoms with E-state index in [1.165, 1.54) is 140 Å². The number of rotatable bonds is 15. The number of hydrogen-bond donors (Lipinski definition) is 0. The lowest BCUT2D eigenvalue weighted by Crippen LogP contribution is -2.61. The summed E-state index contributed by atoms with van der Waals surface area (Å²) in [5.74, 6) is 0. The lowest BCUT2D eigenvalue weighted by molar-refractivity contribution is 0.794. The smallest absolute Gasteiger partial charge is 0.252 e. The summed E-state index contributed by atoms with van der Waals surface area (Å²) in [5, 5.41) is 0. The standard InChI is InChI=1S/C80H65BN2/c1-3-5-28-56-44-46-72-75(48-56)83(80-70(63-40-24-12-25-41-63)53-67(60-34-18-9-19-35-60)54-71(80)64-42-26-13-27-43-64)77-50-57(29-6-4-2)49-76-78(77)81(72)73-55-65(58-30-14-7-15-31-58)45-47-74(73)82(76)79-68(61-36-20-10-21-37-61)51-66(59-32-16-8-17-33-59)52-69(79)62-38-22-11-23-39-62/h7-27,30-55H,3-6,28-29H2,1-2H3. The lowest BCUT2D eigenvalue weighted by atomic mass is 9.33. The maximum atomic E-state index is 2.73. The summed E-state index contributed by atoms with van der Waals surface area (Å²) in [4.78, 5) is 5.43. The minimum Gasteiger partial charge on any atom is -0.310 e. The van der Waals surface area contributed by atoms with Crippen LogP contribution in [-0.4, -0.2) is 6.71 Å². The average molecular weight is 1070 g/mol. The van der Waals surface area contributed by atoms with Crippen molar-refractivity contribution in [3.05, 3.63) is 296 Å². The SMILES string of the molecule is CCCCc1ccc2c(c1)N(c1c(-c3ccccc3)cc(-c3ccccc3)cc1-c1ccccc1)c1cc(CCCC)cc3c1B2c1cc(-c2ccccc2)ccc1N3c1c(-c2ccccc2)cc(-c2ccccc2)cc1-c1ccccc1. The first-order valence-corrected chi connectivity index (χ1v) is 29.9. The average Bonchev–Trinajstić information content (AvgIpc) is 1.30. The van der Waals surface area contributed by atoms with E-state index in [4.69, 9.17) is 0 Å². The van der Waals surface area contributed by atoms with E-state index in [-0.39, 0.29) is 6.71 Å². The molecule has 2 aliphatic rings. The van der Waals surface area contributed by atoms with Crippen molar-refractivity contribution in [3.8, 4) is 77.9 Å². The van der Waals surface area contributed by atoms with Crippen molar-refractivity contribution in [1.29, 1.82) is 0 Å². The van der Waals surface area contributed by atoms with Gasteiger partial charge in [0.15, 0.2) is 0 Å². The molecule has 3 heteroatoms. The molecule has 0 radical (unpaired) electrons. The molecule has 398 valence electrons. The van der Waals surface area contributed by atoms with Gasteiger partial charge in [0, 0.05) is 45.0 Å². The molecular weight excluding hydrogens is 1000 g/mol. The van der Waals surface area contributed by atoms with Gasteiger partial charge in [-0.15, -0.1) is 0 Å². The molecule has 0 saturated heterocycles. The Hall–Kier alpha value is -9.70. The first-order valence-electron chi connectivity index (χ1n) is 29.9. The van der Waals surface area contributed by atoms with Gasteiger partial charge in [-0.1, -0.05) is 263 Å². The first kappa shape index (κ1) is 51.5. The maximum absolute atomic E-state index is 2.73. The van der Waals surface area contributed by atoms with Crippen LogP contribution >= 0.6 is 0 Å². The quantitative estimate of drug-likeness (QED) is 0.0944. The topological polar surface area (TPSA) is 6.48 Å². The molecule has 12 aromatic carbocycles. The summed E-state index contributed by atoms with van der Waals surface area (Å²) in [5.41, 5.74) is 30.4. The Morgan fingerprint density at radius 2 is 0.614 bits per heavy atom. The predicted octanol–water partition coefficient (Wildman–Crippen LogP) is 20.1. The molecule has 0 unspecified atom stereocenters. The molecule has 0 N–H and O–H groups in total. The Balaban J connectivity index is 1.16. The predicted molar refractivity (Wildman–Crippen MR) is 356 cm³/mol. The molecule has 83 heavy (non-hydrogen) atoms. The van der Waals surface area contributed by atoms with E-state index in [1.54, 1.807) is 0 Å². The van der Waals surface area contributed by atoms with Crippen molar-refractivity contribution in [2.75, 3.05) is 9.80 Å². The van der Waals surface area contributed by atoms with Crippen LogP contribution in [-0.2, 0) is 12.8 Å². The number of anilines is 6. The second kappa shape index (κ2) is 22.7. The van der Waals surface area contributed by atoms with Crippen LogP contribution in [0.3, 0.4) is 0 Å². The van der Waals surface area contributed by atoms with E-state index >= 15 is 0 Å². The normalized spacial score (nSPS) is 12.2. The second-order valence-electron chi connectivity index (χ2n) is 22.4. The zero-order chi connectivity index (χ0) is 55.6. The van der Waals surface area contributed by atoms with Gasteiger partial charge in [-0.3, -0.25) is 0 Å². The van der Waals surface area contributed by atoms with E-state index < -0.39 is 0 Å². The molecule has 0 spiro atoms. The van der Waals surface area contributed by atoms with Crippen molar-refractivity contribution < 1.29 is 0 Å². The highest BCUT2D eigenvalue weighted by molar-refractivity contribution is 7.00. The third-order valence-corrected chi connectivity index (χ3v) is 17.2. The molecular formula is C80H65BN2. The Kier molecular flexibility index (Phi) is 14.1. The number of unbranched alkanes of at least 4 members (excludes halogenated alkanes) is 2. The zero-order valence-corrected chi connectivity index (χ0v) is 47.3. The van der Waals surface area contributed by atoms with Gasteiger partial charge in [0.1, 0.15) is 0 Å². The van der Waals surface area contributed by atoms with Crippen LogP contribution in [0, 0.1) is 0 Å². The summed E-state index contributed by atoms with van der Waals surface area (Å²) in [6.07, 6.45) is 6.36. The molecule has 0 fully saturated rings. The number of nitrogens with zero attached hydrogens (tertiary/aromatic N) is 2. The van der Waals surface area contributed by atoms with Crippen molar-refractivity contribution >= 4 is 57.2 Å². The van der Waals surface area contributed by atoms with E-state index in [0.29, 0.717) is 0 Å². The van der Waals surface area contributed by atoms with Crippen molar-refractivity contribution in [2.24, 2.45) is 0 Å². The summed E-state index contributed by atoms with van der Waals surface area (Å²) in [7, 11) is 0. The first-order chi connectivity index (χ1) is 41.1. The van der Waals surface area contributed by atoms with E-state index in [2.05, 4.69) is 309 Å². The molecule has 0 atom stereocenters. The Morgan fingerprint density at radius 1 is 0.265 bits per heavy atom. The largest absolute Gasteiger partial charge is 0.310 e. The highest BCUT2D eigenvalue weighted by Gasteiger charge is 2.45. The molecule has 0 aliphatic carbocycles. The Morgan fingerprint density at radius 3 is 1.01 bits per heavy atom. The fourth-order valence-electron chi connectivity index (χ4n) is 13.1. The Bertz CT molecular complexity index is 4140. The van der Waals surface area contributed by atoms with Gasteiger partial charge < -0.3 is 9.80 Å². The lowest BCUT2D eigenvalue weighted by Gasteiger charge is -2.46. The molecule has 2 aliphatic heterocycles. The summed E-state index contributed by atoms with van der Waals surface area (Å²) in [6.45, 7) is 4.53. The highest BCUT2D eigenvalue weighted by Crippen LogP contribution is 2.54. The van der Waals surface area contributed by atoms with Crippen LogP contribution in [0.5, 0.6) is 0 Å². The molecule has 14 rings (SSSR count). The number of aryl methyl sites for hydroxylation is 2. The third kappa shape index (κ3) is 9.66. The van der Waals surface area contributed by atoms with E-state index in [0.717, 1.165) is 38.5 Å². The van der Waals surface area contributed by atoms with Gasteiger partial charge in [0.05, 0.1) is 11.4 Å². The molecule has 2 heterocycles. The van der Waals surface area contributed by atoms with Gasteiger partial charge in [-0.2, -0.15) is 0 Å². The molecule has 0 bridgehead atoms. The summed E-state index contributed by atoms with van der Waals surface area (Å²) >= 11 is 0. The van der Waals surface area contributed by atoms with Gasteiger partial charge in [0.2, 0.25) is 0 Å². The maximum Gasteiger partial charge on any atom is 0.252 e. The van der Waals surface area contributed by atoms with Crippen LogP contribution in [0.25, 0.3) is 77.9 Å². The number of fused-ring (bicyclic) bond motifs is 4. The number of hydrogen-bond acceptors (Lipinski definition) is 2. The minimum absolute atomic E-state index is 0.102. The van der Waals surface area contributed by atoms with Crippen LogP contribution in [0.2, 0.25) is 0 Å². The second-order valence-corrected chi connectivity index (χ2v) is 22.4. The molecule has 0 aromatic heterocycles. The van der Waals surface area contributed by atoms with Gasteiger partial charge in [-0.05, 0) is 157 Å². The van der Waals surface area contributed by atoms with Crippen molar-refractivity contribution in [2.45, 2.75) is 52.4 Å². The van der Waals surface area contributed by atoms with Crippen molar-refractivity contribution in [1.82, 2.24) is 0 Å². The summed E-state index contributed by atoms with van der Waals surface area (Å²) in [6, 6.07) is 107. The minimum atomic E-state index is -0.102. The monoisotopic (exact) mass is 1060 g/mol. The molecule has 0 amide bonds. The van der Waals surface area contributed by atoms with Crippen LogP contribution < -0.4 is 26.2 Å². The van der Waals surface area contributed by atoms with E-state index in [1.807, 2.05) is 0 Å². The van der Waals surface area contributed by atoms with Gasteiger partial charge in [-0.25, -0.2) is 0 Å². The van der Waals surface area contributed by atoms with Crippen LogP contribution in [0.15, 0.2) is 285 Å².